The molecular formula is C20H40O4. The summed E-state index contributed by atoms with van der Waals surface area (Å²) in [7, 11) is 0. The Kier molecular flexibility index (Phi) is 23.2. The van der Waals surface area contributed by atoms with Crippen molar-refractivity contribution in [1.82, 2.24) is 0 Å². The van der Waals surface area contributed by atoms with E-state index in [0.29, 0.717) is 12.8 Å². The lowest BCUT2D eigenvalue weighted by atomic mass is 9.99. The third kappa shape index (κ3) is 29.0. The van der Waals surface area contributed by atoms with Crippen LogP contribution >= 0.6 is 0 Å². The second-order valence-electron chi connectivity index (χ2n) is 6.45. The monoisotopic (exact) mass is 344 g/mol. The van der Waals surface area contributed by atoms with Crippen LogP contribution in [0, 0.1) is 5.92 Å². The van der Waals surface area contributed by atoms with Gasteiger partial charge in [-0.3, -0.25) is 9.59 Å². The smallest absolute Gasteiger partial charge is 0.133 e. The van der Waals surface area contributed by atoms with Gasteiger partial charge < -0.3 is 9.90 Å². The molecular weight excluding hydrogens is 304 g/mol. The van der Waals surface area contributed by atoms with Gasteiger partial charge in [0.1, 0.15) is 17.3 Å². The van der Waals surface area contributed by atoms with Crippen LogP contribution in [0.15, 0.2) is 0 Å². The van der Waals surface area contributed by atoms with E-state index in [4.69, 9.17) is 5.11 Å². The predicted molar refractivity (Wildman–Crippen MR) is 101 cm³/mol. The van der Waals surface area contributed by atoms with Crippen molar-refractivity contribution in [2.45, 2.75) is 106 Å². The lowest BCUT2D eigenvalue weighted by Gasteiger charge is -2.04. The van der Waals surface area contributed by atoms with E-state index in [1.54, 1.807) is 13.8 Å². The lowest BCUT2D eigenvalue weighted by molar-refractivity contribution is -0.126. The highest BCUT2D eigenvalue weighted by molar-refractivity contribution is 5.86. The first-order valence-corrected chi connectivity index (χ1v) is 9.31. The SMILES string of the molecule is CCCC(=O)CC(C)C(C)=O.CCCC(C)=O.CCCCC(C)O. The van der Waals surface area contributed by atoms with Crippen molar-refractivity contribution >= 4 is 17.3 Å². The number of carbonyl (C=O) groups is 3. The van der Waals surface area contributed by atoms with Gasteiger partial charge in [0.25, 0.3) is 0 Å². The second kappa shape index (κ2) is 20.0. The van der Waals surface area contributed by atoms with Crippen molar-refractivity contribution in [3.63, 3.8) is 0 Å². The van der Waals surface area contributed by atoms with Gasteiger partial charge >= 0.3 is 0 Å². The molecule has 144 valence electrons. The zero-order valence-corrected chi connectivity index (χ0v) is 17.0. The first kappa shape index (κ1) is 27.8. The number of carbonyl (C=O) groups excluding carboxylic acids is 3. The number of Topliss-reactive ketones (excluding diaryl/α,β-unsaturated/α-hetero) is 3. The van der Waals surface area contributed by atoms with Crippen LogP contribution in [-0.2, 0) is 14.4 Å². The topological polar surface area (TPSA) is 71.4 Å². The third-order valence-corrected chi connectivity index (χ3v) is 3.33. The molecule has 0 aromatic carbocycles. The Balaban J connectivity index is -0.000000294. The molecule has 4 nitrogen and oxygen atoms in total. The van der Waals surface area contributed by atoms with Crippen LogP contribution in [0.4, 0.5) is 0 Å². The minimum absolute atomic E-state index is 0.0888. The zero-order valence-electron chi connectivity index (χ0n) is 17.0. The van der Waals surface area contributed by atoms with Crippen molar-refractivity contribution < 1.29 is 19.5 Å². The van der Waals surface area contributed by atoms with Crippen LogP contribution < -0.4 is 0 Å². The summed E-state index contributed by atoms with van der Waals surface area (Å²) in [6, 6.07) is 0. The highest BCUT2D eigenvalue weighted by Gasteiger charge is 2.11. The second-order valence-corrected chi connectivity index (χ2v) is 6.45. The molecule has 2 atom stereocenters. The van der Waals surface area contributed by atoms with Gasteiger partial charge in [-0.15, -0.1) is 0 Å². The van der Waals surface area contributed by atoms with Crippen molar-refractivity contribution in [3.8, 4) is 0 Å². The van der Waals surface area contributed by atoms with Crippen LogP contribution in [0.2, 0.25) is 0 Å². The molecule has 0 rings (SSSR count). The molecule has 0 aromatic heterocycles. The molecule has 0 saturated carbocycles. The van der Waals surface area contributed by atoms with Gasteiger partial charge in [-0.1, -0.05) is 40.5 Å². The summed E-state index contributed by atoms with van der Waals surface area (Å²) in [5.41, 5.74) is 0. The van der Waals surface area contributed by atoms with E-state index in [9.17, 15) is 14.4 Å². The summed E-state index contributed by atoms with van der Waals surface area (Å²) in [6.07, 6.45) is 6.82. The minimum atomic E-state index is -0.0973. The molecule has 0 bridgehead atoms. The standard InChI is InChI=1S/C9H16O2.C6H14O.C5H10O/c1-4-5-9(11)6-7(2)8(3)10;1-3-4-5-6(2)7;1-3-4-5(2)6/h7H,4-6H2,1-3H3;6-7H,3-5H2,1-2H3;3-4H2,1-2H3. The molecule has 1 N–H and O–H groups in total. The normalized spacial score (nSPS) is 12.0. The Labute approximate surface area is 149 Å². The first-order valence-electron chi connectivity index (χ1n) is 9.31. The van der Waals surface area contributed by atoms with Crippen molar-refractivity contribution in [1.29, 1.82) is 0 Å². The highest BCUT2D eigenvalue weighted by Crippen LogP contribution is 2.06. The van der Waals surface area contributed by atoms with E-state index in [0.717, 1.165) is 32.1 Å². The molecule has 0 radical (unpaired) electrons. The molecule has 0 heterocycles. The van der Waals surface area contributed by atoms with Crippen molar-refractivity contribution in [2.75, 3.05) is 0 Å². The van der Waals surface area contributed by atoms with Crippen molar-refractivity contribution in [3.05, 3.63) is 0 Å². The van der Waals surface area contributed by atoms with Gasteiger partial charge in [-0.25, -0.2) is 0 Å². The number of ketones is 3. The summed E-state index contributed by atoms with van der Waals surface area (Å²) in [4.78, 5) is 31.8. The molecule has 0 aliphatic heterocycles. The van der Waals surface area contributed by atoms with Gasteiger partial charge in [-0.2, -0.15) is 0 Å². The van der Waals surface area contributed by atoms with Crippen molar-refractivity contribution in [2.24, 2.45) is 5.92 Å². The van der Waals surface area contributed by atoms with E-state index < -0.39 is 0 Å². The molecule has 2 unspecified atom stereocenters. The van der Waals surface area contributed by atoms with Crippen LogP contribution in [0.3, 0.4) is 0 Å². The minimum Gasteiger partial charge on any atom is -0.393 e. The maximum absolute atomic E-state index is 11.0. The third-order valence-electron chi connectivity index (χ3n) is 3.33. The largest absolute Gasteiger partial charge is 0.393 e. The number of rotatable bonds is 10. The molecule has 24 heavy (non-hydrogen) atoms. The Morgan fingerprint density at radius 1 is 0.875 bits per heavy atom. The molecule has 4 heteroatoms. The van der Waals surface area contributed by atoms with Crippen LogP contribution in [0.25, 0.3) is 0 Å². The fraction of sp³-hybridized carbons (Fsp3) is 0.850. The zero-order chi connectivity index (χ0) is 19.5. The number of unbranched alkanes of at least 4 members (excludes halogenated alkanes) is 1. The van der Waals surface area contributed by atoms with E-state index in [1.165, 1.54) is 13.3 Å². The van der Waals surface area contributed by atoms with Crippen LogP contribution in [0.5, 0.6) is 0 Å². The molecule has 0 saturated heterocycles. The number of aliphatic hydroxyl groups is 1. The maximum atomic E-state index is 11.0. The maximum Gasteiger partial charge on any atom is 0.133 e. The van der Waals surface area contributed by atoms with Gasteiger partial charge in [0.05, 0.1) is 6.10 Å². The average Bonchev–Trinajstić information content (AvgIpc) is 2.46. The molecule has 0 aromatic rings. The Hall–Kier alpha value is -1.03. The quantitative estimate of drug-likeness (QED) is 0.611. The van der Waals surface area contributed by atoms with E-state index in [-0.39, 0.29) is 29.4 Å². The van der Waals surface area contributed by atoms with Crippen LogP contribution in [0.1, 0.15) is 99.8 Å². The predicted octanol–water partition coefficient (Wildman–Crippen LogP) is 4.90. The highest BCUT2D eigenvalue weighted by atomic mass is 16.3. The van der Waals surface area contributed by atoms with Gasteiger partial charge in [0.15, 0.2) is 0 Å². The summed E-state index contributed by atoms with van der Waals surface area (Å²) < 4.78 is 0. The fourth-order valence-electron chi connectivity index (χ4n) is 1.72. The van der Waals surface area contributed by atoms with Crippen LogP contribution in [-0.4, -0.2) is 28.6 Å². The van der Waals surface area contributed by atoms with Gasteiger partial charge in [0, 0.05) is 25.2 Å². The summed E-state index contributed by atoms with van der Waals surface area (Å²) in [6.45, 7) is 12.9. The van der Waals surface area contributed by atoms with Gasteiger partial charge in [0.2, 0.25) is 0 Å². The Morgan fingerprint density at radius 3 is 1.58 bits per heavy atom. The van der Waals surface area contributed by atoms with E-state index in [2.05, 4.69) is 6.92 Å². The molecule has 0 aliphatic rings. The fourth-order valence-corrected chi connectivity index (χ4v) is 1.72. The Morgan fingerprint density at radius 2 is 1.38 bits per heavy atom. The number of hydrogen-bond donors (Lipinski definition) is 1. The summed E-state index contributed by atoms with van der Waals surface area (Å²) >= 11 is 0. The Bertz CT molecular complexity index is 322. The molecule has 0 amide bonds. The first-order chi connectivity index (χ1) is 11.1. The average molecular weight is 345 g/mol. The molecule has 0 fully saturated rings. The lowest BCUT2D eigenvalue weighted by Crippen LogP contribution is -2.11. The summed E-state index contributed by atoms with van der Waals surface area (Å²) in [5.74, 6) is 0.510. The number of aliphatic hydroxyl groups excluding tert-OH is 1. The van der Waals surface area contributed by atoms with E-state index >= 15 is 0 Å². The number of hydrogen-bond acceptors (Lipinski definition) is 4. The van der Waals surface area contributed by atoms with E-state index in [1.807, 2.05) is 20.8 Å². The molecule has 0 spiro atoms. The summed E-state index contributed by atoms with van der Waals surface area (Å²) in [5, 5.41) is 8.68. The van der Waals surface area contributed by atoms with Gasteiger partial charge in [-0.05, 0) is 40.0 Å². The molecule has 0 aliphatic carbocycles.